The summed E-state index contributed by atoms with van der Waals surface area (Å²) in [5.74, 6) is 0.717. The molecule has 0 saturated carbocycles. The van der Waals surface area contributed by atoms with Crippen LogP contribution >= 0.6 is 0 Å². The van der Waals surface area contributed by atoms with E-state index in [9.17, 15) is 0 Å². The van der Waals surface area contributed by atoms with Crippen molar-refractivity contribution < 1.29 is 0 Å². The lowest BCUT2D eigenvalue weighted by Crippen LogP contribution is -2.36. The summed E-state index contributed by atoms with van der Waals surface area (Å²) >= 11 is 0. The normalized spacial score (nSPS) is 19.0. The molecule has 1 aliphatic carbocycles. The zero-order valence-electron chi connectivity index (χ0n) is 13.6. The first-order chi connectivity index (χ1) is 10.4. The Kier molecular flexibility index (Phi) is 7.02. The Morgan fingerprint density at radius 2 is 2.14 bits per heavy atom. The van der Waals surface area contributed by atoms with Crippen LogP contribution in [-0.4, -0.2) is 12.6 Å². The highest BCUT2D eigenvalue weighted by atomic mass is 14.9. The van der Waals surface area contributed by atoms with E-state index in [2.05, 4.69) is 43.1 Å². The first-order valence-electron chi connectivity index (χ1n) is 8.79. The summed E-state index contributed by atoms with van der Waals surface area (Å²) in [5, 5.41) is 3.76. The van der Waals surface area contributed by atoms with Gasteiger partial charge in [-0.05, 0) is 62.1 Å². The number of unbranched alkanes of at least 4 members (excludes halogenated alkanes) is 3. The van der Waals surface area contributed by atoms with Crippen molar-refractivity contribution in [3.63, 3.8) is 0 Å². The van der Waals surface area contributed by atoms with Crippen LogP contribution in [0, 0.1) is 0 Å². The average Bonchev–Trinajstić information content (AvgIpc) is 2.53. The molecule has 2 unspecified atom stereocenters. The van der Waals surface area contributed by atoms with Crippen LogP contribution in [0.2, 0.25) is 0 Å². The van der Waals surface area contributed by atoms with Crippen LogP contribution in [0.3, 0.4) is 0 Å². The zero-order valence-corrected chi connectivity index (χ0v) is 13.6. The number of hydrogen-bond acceptors (Lipinski definition) is 1. The third-order valence-electron chi connectivity index (χ3n) is 4.79. The minimum absolute atomic E-state index is 0.653. The molecule has 1 heteroatoms. The molecular formula is C20H31N. The molecular weight excluding hydrogens is 254 g/mol. The molecule has 2 atom stereocenters. The summed E-state index contributed by atoms with van der Waals surface area (Å²) in [7, 11) is 0. The number of hydrogen-bond donors (Lipinski definition) is 1. The molecule has 1 aliphatic rings. The Hall–Kier alpha value is -1.08. The average molecular weight is 285 g/mol. The van der Waals surface area contributed by atoms with E-state index in [-0.39, 0.29) is 0 Å². The van der Waals surface area contributed by atoms with Gasteiger partial charge in [-0.25, -0.2) is 0 Å². The Labute approximate surface area is 130 Å². The summed E-state index contributed by atoms with van der Waals surface area (Å²) in [6.45, 7) is 7.12. The molecule has 0 bridgehead atoms. The number of benzene rings is 1. The molecule has 0 saturated heterocycles. The fraction of sp³-hybridized carbons (Fsp3) is 0.600. The number of nitrogens with one attached hydrogen (secondary N) is 1. The van der Waals surface area contributed by atoms with Crippen LogP contribution in [0.15, 0.2) is 36.9 Å². The topological polar surface area (TPSA) is 12.0 Å². The Balaban J connectivity index is 1.96. The molecule has 116 valence electrons. The molecule has 0 aromatic heterocycles. The van der Waals surface area contributed by atoms with Crippen LogP contribution in [0.25, 0.3) is 0 Å². The van der Waals surface area contributed by atoms with E-state index in [0.29, 0.717) is 12.0 Å². The number of rotatable bonds is 9. The monoisotopic (exact) mass is 285 g/mol. The highest BCUT2D eigenvalue weighted by Crippen LogP contribution is 2.35. The van der Waals surface area contributed by atoms with E-state index in [0.717, 1.165) is 13.0 Å². The van der Waals surface area contributed by atoms with Gasteiger partial charge >= 0.3 is 0 Å². The number of allylic oxidation sites excluding steroid dienone is 1. The first kappa shape index (κ1) is 16.3. The van der Waals surface area contributed by atoms with Gasteiger partial charge in [-0.2, -0.15) is 0 Å². The van der Waals surface area contributed by atoms with Crippen molar-refractivity contribution >= 4 is 0 Å². The van der Waals surface area contributed by atoms with E-state index < -0.39 is 0 Å². The van der Waals surface area contributed by atoms with Crippen molar-refractivity contribution in [2.45, 2.75) is 70.3 Å². The minimum Gasteiger partial charge on any atom is -0.314 e. The first-order valence-corrected chi connectivity index (χ1v) is 8.79. The lowest BCUT2D eigenvalue weighted by Gasteiger charge is -2.33. The number of aryl methyl sites for hydroxylation is 1. The van der Waals surface area contributed by atoms with E-state index in [1.54, 1.807) is 11.1 Å². The quantitative estimate of drug-likeness (QED) is 0.484. The van der Waals surface area contributed by atoms with Crippen LogP contribution < -0.4 is 5.32 Å². The predicted octanol–water partition coefficient (Wildman–Crippen LogP) is 5.22. The summed E-state index contributed by atoms with van der Waals surface area (Å²) in [6.07, 6.45) is 12.4. The molecule has 21 heavy (non-hydrogen) atoms. The van der Waals surface area contributed by atoms with Gasteiger partial charge in [0, 0.05) is 6.04 Å². The molecule has 0 amide bonds. The summed E-state index contributed by atoms with van der Waals surface area (Å²) in [6, 6.07) is 9.75. The molecule has 1 aromatic rings. The maximum Gasteiger partial charge on any atom is 0.0136 e. The van der Waals surface area contributed by atoms with Crippen LogP contribution in [0.4, 0.5) is 0 Å². The standard InChI is InChI=1S/C20H31N/c1-3-5-6-7-8-16-20(21-4-2)19-15-11-13-17-12-9-10-14-18(17)19/h3,9-10,12,14,19-21H,1,4-8,11,13,15-16H2,2H3. The van der Waals surface area contributed by atoms with Crippen LogP contribution in [0.5, 0.6) is 0 Å². The second-order valence-electron chi connectivity index (χ2n) is 6.29. The van der Waals surface area contributed by atoms with Gasteiger partial charge in [-0.15, -0.1) is 6.58 Å². The van der Waals surface area contributed by atoms with E-state index in [4.69, 9.17) is 0 Å². The molecule has 2 rings (SSSR count). The van der Waals surface area contributed by atoms with Gasteiger partial charge in [-0.3, -0.25) is 0 Å². The van der Waals surface area contributed by atoms with Crippen LogP contribution in [-0.2, 0) is 6.42 Å². The number of likely N-dealkylation sites (N-methyl/N-ethyl adjacent to an activating group) is 1. The second-order valence-corrected chi connectivity index (χ2v) is 6.29. The van der Waals surface area contributed by atoms with Gasteiger partial charge in [0.15, 0.2) is 0 Å². The third-order valence-corrected chi connectivity index (χ3v) is 4.79. The maximum absolute atomic E-state index is 3.81. The highest BCUT2D eigenvalue weighted by molar-refractivity contribution is 5.33. The SMILES string of the molecule is C=CCCCCCC(NCC)C1CCCc2ccccc21. The van der Waals surface area contributed by atoms with Gasteiger partial charge in [0.2, 0.25) is 0 Å². The summed E-state index contributed by atoms with van der Waals surface area (Å²) in [4.78, 5) is 0. The fourth-order valence-corrected chi connectivity index (χ4v) is 3.75. The third kappa shape index (κ3) is 4.71. The van der Waals surface area contributed by atoms with Crippen molar-refractivity contribution in [2.24, 2.45) is 0 Å². The molecule has 0 radical (unpaired) electrons. The molecule has 0 fully saturated rings. The Bertz CT molecular complexity index is 424. The largest absolute Gasteiger partial charge is 0.314 e. The lowest BCUT2D eigenvalue weighted by atomic mass is 9.77. The van der Waals surface area contributed by atoms with Gasteiger partial charge in [0.05, 0.1) is 0 Å². The summed E-state index contributed by atoms with van der Waals surface area (Å²) in [5.41, 5.74) is 3.20. The maximum atomic E-state index is 3.81. The smallest absolute Gasteiger partial charge is 0.0136 e. The van der Waals surface area contributed by atoms with Crippen molar-refractivity contribution in [3.8, 4) is 0 Å². The van der Waals surface area contributed by atoms with E-state index in [1.165, 1.54) is 44.9 Å². The lowest BCUT2D eigenvalue weighted by molar-refractivity contribution is 0.368. The molecule has 1 N–H and O–H groups in total. The second kappa shape index (κ2) is 9.04. The van der Waals surface area contributed by atoms with Gasteiger partial charge < -0.3 is 5.32 Å². The van der Waals surface area contributed by atoms with Crippen molar-refractivity contribution in [1.82, 2.24) is 5.32 Å². The molecule has 0 aliphatic heterocycles. The summed E-state index contributed by atoms with van der Waals surface area (Å²) < 4.78 is 0. The van der Waals surface area contributed by atoms with E-state index in [1.807, 2.05) is 6.08 Å². The zero-order chi connectivity index (χ0) is 14.9. The van der Waals surface area contributed by atoms with Crippen molar-refractivity contribution in [2.75, 3.05) is 6.54 Å². The van der Waals surface area contributed by atoms with Crippen molar-refractivity contribution in [3.05, 3.63) is 48.0 Å². The van der Waals surface area contributed by atoms with Gasteiger partial charge in [0.25, 0.3) is 0 Å². The van der Waals surface area contributed by atoms with Gasteiger partial charge in [-0.1, -0.05) is 50.1 Å². The molecule has 0 spiro atoms. The molecule has 1 aromatic carbocycles. The molecule has 0 heterocycles. The fourth-order valence-electron chi connectivity index (χ4n) is 3.75. The molecule has 1 nitrogen and oxygen atoms in total. The predicted molar refractivity (Wildman–Crippen MR) is 92.9 cm³/mol. The Morgan fingerprint density at radius 3 is 2.95 bits per heavy atom. The van der Waals surface area contributed by atoms with Crippen molar-refractivity contribution in [1.29, 1.82) is 0 Å². The highest BCUT2D eigenvalue weighted by Gasteiger charge is 2.26. The Morgan fingerprint density at radius 1 is 1.29 bits per heavy atom. The number of fused-ring (bicyclic) bond motifs is 1. The van der Waals surface area contributed by atoms with E-state index >= 15 is 0 Å². The van der Waals surface area contributed by atoms with Crippen LogP contribution in [0.1, 0.15) is 68.9 Å². The minimum atomic E-state index is 0.653. The van der Waals surface area contributed by atoms with Gasteiger partial charge in [0.1, 0.15) is 0 Å².